The van der Waals surface area contributed by atoms with E-state index in [1.807, 2.05) is 17.9 Å². The zero-order valence-corrected chi connectivity index (χ0v) is 16.6. The Labute approximate surface area is 172 Å². The van der Waals surface area contributed by atoms with Gasteiger partial charge in [0.05, 0.1) is 35.4 Å². The number of nitrogens with one attached hydrogen (secondary N) is 2. The van der Waals surface area contributed by atoms with E-state index in [-0.39, 0.29) is 29.9 Å². The second kappa shape index (κ2) is 7.84. The van der Waals surface area contributed by atoms with E-state index in [0.717, 1.165) is 5.56 Å². The number of carbonyl (C=O) groups excluding carboxylic acids is 2. The van der Waals surface area contributed by atoms with Crippen LogP contribution in [-0.4, -0.2) is 48.1 Å². The largest absolute Gasteiger partial charge is 0.383 e. The number of morpholine rings is 1. The zero-order chi connectivity index (χ0) is 20.5. The molecule has 0 saturated carbocycles. The SMILES string of the molecule is Cc1ccc(NC(=O)[C@H]2CC(=O)Nc3nc(N4CCOCC4)nc(N)c32)c(Cl)c1. The lowest BCUT2D eigenvalue weighted by molar-refractivity contribution is -0.123. The molecular formula is C19H21ClN6O3. The van der Waals surface area contributed by atoms with Gasteiger partial charge in [-0.3, -0.25) is 9.59 Å². The summed E-state index contributed by atoms with van der Waals surface area (Å²) >= 11 is 6.22. The van der Waals surface area contributed by atoms with Gasteiger partial charge in [0, 0.05) is 19.5 Å². The highest BCUT2D eigenvalue weighted by Gasteiger charge is 2.35. The van der Waals surface area contributed by atoms with Crippen LogP contribution in [-0.2, 0) is 14.3 Å². The summed E-state index contributed by atoms with van der Waals surface area (Å²) in [6, 6.07) is 5.32. The predicted molar refractivity (Wildman–Crippen MR) is 110 cm³/mol. The summed E-state index contributed by atoms with van der Waals surface area (Å²) in [7, 11) is 0. The quantitative estimate of drug-likeness (QED) is 0.698. The van der Waals surface area contributed by atoms with Gasteiger partial charge in [0.2, 0.25) is 17.8 Å². The maximum absolute atomic E-state index is 13.0. The number of nitrogen functional groups attached to an aromatic ring is 1. The molecule has 4 N–H and O–H groups in total. The van der Waals surface area contributed by atoms with Gasteiger partial charge in [0.15, 0.2) is 0 Å². The highest BCUT2D eigenvalue weighted by molar-refractivity contribution is 6.33. The molecule has 1 aromatic carbocycles. The van der Waals surface area contributed by atoms with Crippen LogP contribution in [0.25, 0.3) is 0 Å². The number of rotatable bonds is 3. The van der Waals surface area contributed by atoms with Crippen molar-refractivity contribution in [2.45, 2.75) is 19.3 Å². The number of amides is 2. The first-order valence-corrected chi connectivity index (χ1v) is 9.67. The van der Waals surface area contributed by atoms with Gasteiger partial charge in [-0.25, -0.2) is 0 Å². The van der Waals surface area contributed by atoms with Crippen LogP contribution in [0.15, 0.2) is 18.2 Å². The number of fused-ring (bicyclic) bond motifs is 1. The van der Waals surface area contributed by atoms with Gasteiger partial charge in [-0.1, -0.05) is 17.7 Å². The van der Waals surface area contributed by atoms with Gasteiger partial charge >= 0.3 is 0 Å². The van der Waals surface area contributed by atoms with Crippen molar-refractivity contribution in [3.8, 4) is 0 Å². The van der Waals surface area contributed by atoms with E-state index in [1.165, 1.54) is 0 Å². The molecule has 10 heteroatoms. The number of aryl methyl sites for hydroxylation is 1. The molecule has 2 aromatic rings. The van der Waals surface area contributed by atoms with Crippen LogP contribution >= 0.6 is 11.6 Å². The molecule has 152 valence electrons. The first-order valence-electron chi connectivity index (χ1n) is 9.29. The van der Waals surface area contributed by atoms with Gasteiger partial charge in [0.25, 0.3) is 0 Å². The predicted octanol–water partition coefficient (Wildman–Crippen LogP) is 1.92. The van der Waals surface area contributed by atoms with E-state index in [1.54, 1.807) is 12.1 Å². The van der Waals surface area contributed by atoms with Crippen molar-refractivity contribution >= 4 is 46.7 Å². The molecule has 0 radical (unpaired) electrons. The van der Waals surface area contributed by atoms with Crippen LogP contribution in [0.3, 0.4) is 0 Å². The van der Waals surface area contributed by atoms with Gasteiger partial charge in [-0.2, -0.15) is 9.97 Å². The Balaban J connectivity index is 1.64. The number of hydrogen-bond acceptors (Lipinski definition) is 7. The van der Waals surface area contributed by atoms with Crippen molar-refractivity contribution in [3.05, 3.63) is 34.3 Å². The van der Waals surface area contributed by atoms with E-state index in [0.29, 0.717) is 48.5 Å². The van der Waals surface area contributed by atoms with Crippen molar-refractivity contribution in [2.75, 3.05) is 47.6 Å². The van der Waals surface area contributed by atoms with Gasteiger partial charge in [-0.05, 0) is 24.6 Å². The molecule has 29 heavy (non-hydrogen) atoms. The van der Waals surface area contributed by atoms with Crippen molar-refractivity contribution in [3.63, 3.8) is 0 Å². The third-order valence-corrected chi connectivity index (χ3v) is 5.26. The van der Waals surface area contributed by atoms with Crippen LogP contribution in [0, 0.1) is 6.92 Å². The molecule has 4 rings (SSSR count). The molecule has 1 aromatic heterocycles. The van der Waals surface area contributed by atoms with Crippen LogP contribution < -0.4 is 21.3 Å². The molecule has 2 aliphatic heterocycles. The van der Waals surface area contributed by atoms with Gasteiger partial charge in [0.1, 0.15) is 11.6 Å². The Bertz CT molecular complexity index is 977. The topological polar surface area (TPSA) is 122 Å². The summed E-state index contributed by atoms with van der Waals surface area (Å²) in [6.07, 6.45) is -0.0488. The minimum atomic E-state index is -0.810. The molecule has 9 nitrogen and oxygen atoms in total. The fraction of sp³-hybridized carbons (Fsp3) is 0.368. The summed E-state index contributed by atoms with van der Waals surface area (Å²) < 4.78 is 5.34. The van der Waals surface area contributed by atoms with E-state index < -0.39 is 5.92 Å². The Morgan fingerprint density at radius 1 is 1.34 bits per heavy atom. The van der Waals surface area contributed by atoms with Crippen molar-refractivity contribution < 1.29 is 14.3 Å². The van der Waals surface area contributed by atoms with Gasteiger partial charge < -0.3 is 26.0 Å². The Kier molecular flexibility index (Phi) is 5.25. The average molecular weight is 417 g/mol. The molecular weight excluding hydrogens is 396 g/mol. The summed E-state index contributed by atoms with van der Waals surface area (Å²) in [5, 5.41) is 5.92. The molecule has 2 aliphatic rings. The normalized spacial score (nSPS) is 18.8. The molecule has 0 spiro atoms. The Morgan fingerprint density at radius 2 is 2.10 bits per heavy atom. The monoisotopic (exact) mass is 416 g/mol. The van der Waals surface area contributed by atoms with Crippen LogP contribution in [0.2, 0.25) is 5.02 Å². The molecule has 0 unspecified atom stereocenters. The van der Waals surface area contributed by atoms with E-state index in [2.05, 4.69) is 20.6 Å². The second-order valence-electron chi connectivity index (χ2n) is 7.05. The summed E-state index contributed by atoms with van der Waals surface area (Å²) in [5.41, 5.74) is 8.07. The van der Waals surface area contributed by atoms with Crippen molar-refractivity contribution in [2.24, 2.45) is 0 Å². The highest BCUT2D eigenvalue weighted by Crippen LogP contribution is 2.37. The third-order valence-electron chi connectivity index (χ3n) is 4.95. The lowest BCUT2D eigenvalue weighted by Gasteiger charge is -2.30. The Hall–Kier alpha value is -2.91. The molecule has 1 atom stereocenters. The lowest BCUT2D eigenvalue weighted by Crippen LogP contribution is -2.38. The summed E-state index contributed by atoms with van der Waals surface area (Å²) in [4.78, 5) is 36.0. The minimum absolute atomic E-state index is 0.0488. The fourth-order valence-electron chi connectivity index (χ4n) is 3.45. The lowest BCUT2D eigenvalue weighted by atomic mass is 9.92. The number of hydrogen-bond donors (Lipinski definition) is 3. The van der Waals surface area contributed by atoms with Crippen LogP contribution in [0.5, 0.6) is 0 Å². The number of anilines is 4. The molecule has 3 heterocycles. The maximum Gasteiger partial charge on any atom is 0.232 e. The first kappa shape index (κ1) is 19.4. The standard InChI is InChI=1S/C19H21ClN6O3/c1-10-2-3-13(12(20)8-10)22-18(28)11-9-14(27)23-17-15(11)16(21)24-19(25-17)26-4-6-29-7-5-26/h2-3,8,11H,4-7,9H2,1H3,(H,22,28)(H3,21,23,24,25,27)/t11-/m0/s1. The number of aromatic nitrogens is 2. The summed E-state index contributed by atoms with van der Waals surface area (Å²) in [6.45, 7) is 4.29. The minimum Gasteiger partial charge on any atom is -0.383 e. The van der Waals surface area contributed by atoms with E-state index >= 15 is 0 Å². The Morgan fingerprint density at radius 3 is 2.83 bits per heavy atom. The second-order valence-corrected chi connectivity index (χ2v) is 7.46. The maximum atomic E-state index is 13.0. The number of halogens is 1. The molecule has 0 bridgehead atoms. The summed E-state index contributed by atoms with van der Waals surface area (Å²) in [5.74, 6) is -0.653. The van der Waals surface area contributed by atoms with Gasteiger partial charge in [-0.15, -0.1) is 0 Å². The average Bonchev–Trinajstić information content (AvgIpc) is 2.69. The van der Waals surface area contributed by atoms with E-state index in [4.69, 9.17) is 22.1 Å². The number of benzene rings is 1. The molecule has 2 amide bonds. The van der Waals surface area contributed by atoms with E-state index in [9.17, 15) is 9.59 Å². The fourth-order valence-corrected chi connectivity index (χ4v) is 3.74. The number of ether oxygens (including phenoxy) is 1. The van der Waals surface area contributed by atoms with Crippen molar-refractivity contribution in [1.29, 1.82) is 0 Å². The van der Waals surface area contributed by atoms with Crippen LogP contribution in [0.1, 0.15) is 23.5 Å². The third kappa shape index (κ3) is 3.96. The number of nitrogens with zero attached hydrogens (tertiary/aromatic N) is 3. The first-order chi connectivity index (χ1) is 13.9. The van der Waals surface area contributed by atoms with Crippen molar-refractivity contribution in [1.82, 2.24) is 9.97 Å². The highest BCUT2D eigenvalue weighted by atomic mass is 35.5. The molecule has 0 aliphatic carbocycles. The molecule has 1 fully saturated rings. The molecule has 1 saturated heterocycles. The zero-order valence-electron chi connectivity index (χ0n) is 15.9. The van der Waals surface area contributed by atoms with Crippen LogP contribution in [0.4, 0.5) is 23.3 Å². The number of carbonyl (C=O) groups is 2. The number of nitrogens with two attached hydrogens (primary N) is 1. The smallest absolute Gasteiger partial charge is 0.232 e.